The van der Waals surface area contributed by atoms with Crippen LogP contribution in [0.15, 0.2) is 66.7 Å². The lowest BCUT2D eigenvalue weighted by Gasteiger charge is -2.13. The molecular weight excluding hydrogens is 398 g/mol. The van der Waals surface area contributed by atoms with E-state index in [0.717, 1.165) is 30.5 Å². The molecule has 0 aromatic heterocycles. The van der Waals surface area contributed by atoms with Crippen molar-refractivity contribution in [2.24, 2.45) is 5.92 Å². The Morgan fingerprint density at radius 2 is 1.65 bits per heavy atom. The van der Waals surface area contributed by atoms with Gasteiger partial charge < -0.3 is 15.4 Å². The molecule has 0 spiro atoms. The van der Waals surface area contributed by atoms with Crippen LogP contribution in [0.2, 0.25) is 0 Å². The second-order valence-corrected chi connectivity index (χ2v) is 7.91. The molecule has 160 valence electrons. The molecule has 0 saturated carbocycles. The first-order valence-corrected chi connectivity index (χ1v) is 10.3. The predicted molar refractivity (Wildman–Crippen MR) is 116 cm³/mol. The fourth-order valence-corrected chi connectivity index (χ4v) is 3.84. The third-order valence-electron chi connectivity index (χ3n) is 5.52. The molecule has 1 heterocycles. The lowest BCUT2D eigenvalue weighted by atomic mass is 9.94. The zero-order valence-electron chi connectivity index (χ0n) is 17.2. The number of amides is 1. The zero-order chi connectivity index (χ0) is 21.8. The fraction of sp³-hybridized carbons (Fsp3) is 0.240. The van der Waals surface area contributed by atoms with Gasteiger partial charge in [-0.15, -0.1) is 0 Å². The average molecular weight is 422 g/mol. The largest absolute Gasteiger partial charge is 0.457 e. The highest BCUT2D eigenvalue weighted by Gasteiger charge is 2.29. The van der Waals surface area contributed by atoms with Gasteiger partial charge in [-0.3, -0.25) is 4.79 Å². The molecule has 3 aromatic rings. The molecule has 31 heavy (non-hydrogen) atoms. The number of aryl methyl sites for hydroxylation is 1. The van der Waals surface area contributed by atoms with Crippen LogP contribution >= 0.6 is 0 Å². The SMILES string of the molecule is Cc1cc(F)ccc1CC1CNC(C(=O)Nc2ccc(Oc3ccc(F)cc3)cc2)C1. The Hall–Kier alpha value is -3.25. The van der Waals surface area contributed by atoms with Gasteiger partial charge >= 0.3 is 0 Å². The van der Waals surface area contributed by atoms with Gasteiger partial charge in [0.05, 0.1) is 6.04 Å². The Kier molecular flexibility index (Phi) is 6.28. The highest BCUT2D eigenvalue weighted by atomic mass is 19.1. The topological polar surface area (TPSA) is 50.4 Å². The summed E-state index contributed by atoms with van der Waals surface area (Å²) in [6.45, 7) is 2.66. The van der Waals surface area contributed by atoms with Crippen molar-refractivity contribution in [3.63, 3.8) is 0 Å². The molecule has 2 atom stereocenters. The van der Waals surface area contributed by atoms with Gasteiger partial charge in [-0.25, -0.2) is 8.78 Å². The Bertz CT molecular complexity index is 1050. The Balaban J connectivity index is 1.29. The second-order valence-electron chi connectivity index (χ2n) is 7.91. The molecule has 0 aliphatic carbocycles. The van der Waals surface area contributed by atoms with E-state index in [-0.39, 0.29) is 23.6 Å². The van der Waals surface area contributed by atoms with E-state index >= 15 is 0 Å². The first-order valence-electron chi connectivity index (χ1n) is 10.3. The lowest BCUT2D eigenvalue weighted by Crippen LogP contribution is -2.35. The first-order chi connectivity index (χ1) is 15.0. The van der Waals surface area contributed by atoms with Crippen molar-refractivity contribution in [2.45, 2.75) is 25.8 Å². The minimum absolute atomic E-state index is 0.0782. The van der Waals surface area contributed by atoms with Crippen LogP contribution in [-0.2, 0) is 11.2 Å². The highest BCUT2D eigenvalue weighted by molar-refractivity contribution is 5.95. The Labute approximate surface area is 180 Å². The van der Waals surface area contributed by atoms with Crippen molar-refractivity contribution < 1.29 is 18.3 Å². The Morgan fingerprint density at radius 1 is 1.00 bits per heavy atom. The lowest BCUT2D eigenvalue weighted by molar-refractivity contribution is -0.117. The maximum atomic E-state index is 13.3. The molecule has 4 rings (SSSR count). The van der Waals surface area contributed by atoms with Crippen molar-refractivity contribution in [3.05, 3.63) is 89.5 Å². The van der Waals surface area contributed by atoms with Crippen molar-refractivity contribution in [2.75, 3.05) is 11.9 Å². The van der Waals surface area contributed by atoms with Crippen molar-refractivity contribution in [1.82, 2.24) is 5.32 Å². The Morgan fingerprint density at radius 3 is 2.32 bits per heavy atom. The summed E-state index contributed by atoms with van der Waals surface area (Å²) in [4.78, 5) is 12.6. The number of benzene rings is 3. The molecule has 6 heteroatoms. The summed E-state index contributed by atoms with van der Waals surface area (Å²) < 4.78 is 31.9. The summed E-state index contributed by atoms with van der Waals surface area (Å²) in [6.07, 6.45) is 1.55. The van der Waals surface area contributed by atoms with Crippen molar-refractivity contribution in [1.29, 1.82) is 0 Å². The summed E-state index contributed by atoms with van der Waals surface area (Å²) in [5.41, 5.74) is 2.73. The van der Waals surface area contributed by atoms with Crippen molar-refractivity contribution >= 4 is 11.6 Å². The van der Waals surface area contributed by atoms with E-state index in [1.165, 1.54) is 18.2 Å². The number of hydrogen-bond acceptors (Lipinski definition) is 3. The van der Waals surface area contributed by atoms with E-state index in [1.807, 2.05) is 13.0 Å². The van der Waals surface area contributed by atoms with E-state index in [9.17, 15) is 13.6 Å². The summed E-state index contributed by atoms with van der Waals surface area (Å²) >= 11 is 0. The summed E-state index contributed by atoms with van der Waals surface area (Å²) in [5.74, 6) is 0.837. The van der Waals surface area contributed by atoms with E-state index in [2.05, 4.69) is 10.6 Å². The van der Waals surface area contributed by atoms with Crippen LogP contribution in [0.3, 0.4) is 0 Å². The van der Waals surface area contributed by atoms with Gasteiger partial charge in [0, 0.05) is 5.69 Å². The molecule has 2 unspecified atom stereocenters. The molecular formula is C25H24F2N2O2. The number of hydrogen-bond donors (Lipinski definition) is 2. The van der Waals surface area contributed by atoms with Crippen LogP contribution in [0.4, 0.5) is 14.5 Å². The number of anilines is 1. The van der Waals surface area contributed by atoms with E-state index in [4.69, 9.17) is 4.74 Å². The maximum Gasteiger partial charge on any atom is 0.241 e. The van der Waals surface area contributed by atoms with Gasteiger partial charge in [0.1, 0.15) is 23.1 Å². The zero-order valence-corrected chi connectivity index (χ0v) is 17.2. The average Bonchev–Trinajstić information content (AvgIpc) is 3.22. The molecule has 0 radical (unpaired) electrons. The summed E-state index contributed by atoms with van der Waals surface area (Å²) in [5, 5.41) is 6.21. The van der Waals surface area contributed by atoms with Gasteiger partial charge in [0.15, 0.2) is 0 Å². The predicted octanol–water partition coefficient (Wildman–Crippen LogP) is 5.22. The first kappa shape index (κ1) is 21.0. The smallest absolute Gasteiger partial charge is 0.241 e. The van der Waals surface area contributed by atoms with Crippen LogP contribution in [0.5, 0.6) is 11.5 Å². The minimum atomic E-state index is -0.319. The molecule has 2 N–H and O–H groups in total. The van der Waals surface area contributed by atoms with Crippen LogP contribution in [-0.4, -0.2) is 18.5 Å². The van der Waals surface area contributed by atoms with Gasteiger partial charge in [-0.2, -0.15) is 0 Å². The van der Waals surface area contributed by atoms with Crippen LogP contribution in [0.1, 0.15) is 17.5 Å². The quantitative estimate of drug-likeness (QED) is 0.572. The van der Waals surface area contributed by atoms with E-state index in [1.54, 1.807) is 42.5 Å². The molecule has 1 amide bonds. The van der Waals surface area contributed by atoms with Crippen molar-refractivity contribution in [3.8, 4) is 11.5 Å². The molecule has 1 aliphatic rings. The number of ether oxygens (including phenoxy) is 1. The third kappa shape index (κ3) is 5.47. The number of rotatable bonds is 6. The van der Waals surface area contributed by atoms with Gasteiger partial charge in [-0.1, -0.05) is 6.07 Å². The number of carbonyl (C=O) groups is 1. The maximum absolute atomic E-state index is 13.3. The molecule has 0 bridgehead atoms. The van der Waals surface area contributed by atoms with Crippen LogP contribution in [0.25, 0.3) is 0 Å². The highest BCUT2D eigenvalue weighted by Crippen LogP contribution is 2.25. The molecule has 4 nitrogen and oxygen atoms in total. The second kappa shape index (κ2) is 9.27. The monoisotopic (exact) mass is 422 g/mol. The van der Waals surface area contributed by atoms with Crippen LogP contribution < -0.4 is 15.4 Å². The molecule has 1 aliphatic heterocycles. The number of carbonyl (C=O) groups excluding carboxylic acids is 1. The van der Waals surface area contributed by atoms with Gasteiger partial charge in [-0.05, 0) is 104 Å². The van der Waals surface area contributed by atoms with Crippen LogP contribution in [0, 0.1) is 24.5 Å². The molecule has 1 fully saturated rings. The fourth-order valence-electron chi connectivity index (χ4n) is 3.84. The minimum Gasteiger partial charge on any atom is -0.457 e. The molecule has 3 aromatic carbocycles. The number of halogens is 2. The normalized spacial score (nSPS) is 18.0. The summed E-state index contributed by atoms with van der Waals surface area (Å²) in [6, 6.07) is 17.4. The third-order valence-corrected chi connectivity index (χ3v) is 5.52. The standard InChI is InChI=1S/C25H24F2N2O2/c1-16-12-20(27)3-2-18(16)13-17-14-24(28-15-17)25(30)29-21-6-10-23(11-7-21)31-22-8-4-19(26)5-9-22/h2-12,17,24,28H,13-15H2,1H3,(H,29,30). The van der Waals surface area contributed by atoms with Gasteiger partial charge in [0.2, 0.25) is 5.91 Å². The molecule has 1 saturated heterocycles. The number of nitrogens with one attached hydrogen (secondary N) is 2. The summed E-state index contributed by atoms with van der Waals surface area (Å²) in [7, 11) is 0. The van der Waals surface area contributed by atoms with Gasteiger partial charge in [0.25, 0.3) is 0 Å². The van der Waals surface area contributed by atoms with E-state index in [0.29, 0.717) is 23.1 Å². The van der Waals surface area contributed by atoms with E-state index < -0.39 is 0 Å².